The van der Waals surface area contributed by atoms with Gasteiger partial charge in [0.15, 0.2) is 0 Å². The Morgan fingerprint density at radius 1 is 1.44 bits per heavy atom. The molecule has 0 saturated heterocycles. The van der Waals surface area contributed by atoms with E-state index in [1.165, 1.54) is 20.9 Å². The molecule has 2 aromatic heterocycles. The predicted molar refractivity (Wildman–Crippen MR) is 67.8 cm³/mol. The lowest BCUT2D eigenvalue weighted by Gasteiger charge is -2.10. The number of hydrogen-bond donors (Lipinski definition) is 1. The highest BCUT2D eigenvalue weighted by molar-refractivity contribution is 7.12. The molecule has 2 nitrogen and oxygen atoms in total. The molecule has 1 atom stereocenters. The molecule has 16 heavy (non-hydrogen) atoms. The minimum atomic E-state index is 0.335. The maximum Gasteiger partial charge on any atom is 0.0950 e. The summed E-state index contributed by atoms with van der Waals surface area (Å²) in [5.74, 6) is 0. The van der Waals surface area contributed by atoms with E-state index in [4.69, 9.17) is 4.42 Å². The normalized spacial score (nSPS) is 12.9. The molecule has 0 aliphatic heterocycles. The van der Waals surface area contributed by atoms with E-state index in [9.17, 15) is 0 Å². The summed E-state index contributed by atoms with van der Waals surface area (Å²) in [6.07, 6.45) is 3.51. The first kappa shape index (κ1) is 11.4. The summed E-state index contributed by atoms with van der Waals surface area (Å²) in [7, 11) is 0. The molecule has 2 rings (SSSR count). The van der Waals surface area contributed by atoms with Crippen molar-refractivity contribution in [3.05, 3.63) is 45.5 Å². The van der Waals surface area contributed by atoms with Crippen molar-refractivity contribution in [2.75, 3.05) is 0 Å². The first-order valence-electron chi connectivity index (χ1n) is 5.48. The highest BCUT2D eigenvalue weighted by atomic mass is 32.1. The Kier molecular flexibility index (Phi) is 3.46. The van der Waals surface area contributed by atoms with Crippen LogP contribution in [0.4, 0.5) is 0 Å². The van der Waals surface area contributed by atoms with Crippen molar-refractivity contribution in [2.45, 2.75) is 33.4 Å². The highest BCUT2D eigenvalue weighted by Crippen LogP contribution is 2.21. The van der Waals surface area contributed by atoms with Crippen LogP contribution in [0, 0.1) is 13.8 Å². The largest absolute Gasteiger partial charge is 0.472 e. The third kappa shape index (κ3) is 2.54. The molecular formula is C13H17NOS. The maximum absolute atomic E-state index is 5.07. The topological polar surface area (TPSA) is 25.2 Å². The van der Waals surface area contributed by atoms with E-state index in [2.05, 4.69) is 32.2 Å². The van der Waals surface area contributed by atoms with Crippen LogP contribution in [0.1, 0.15) is 33.8 Å². The first-order valence-corrected chi connectivity index (χ1v) is 6.30. The third-order valence-corrected chi connectivity index (χ3v) is 4.00. The Balaban J connectivity index is 1.92. The fraction of sp³-hybridized carbons (Fsp3) is 0.385. The van der Waals surface area contributed by atoms with Gasteiger partial charge in [-0.15, -0.1) is 11.3 Å². The van der Waals surface area contributed by atoms with E-state index in [0.717, 1.165) is 6.54 Å². The van der Waals surface area contributed by atoms with Crippen LogP contribution in [-0.4, -0.2) is 0 Å². The Hall–Kier alpha value is -1.06. The summed E-state index contributed by atoms with van der Waals surface area (Å²) in [5, 5.41) is 3.49. The van der Waals surface area contributed by atoms with Gasteiger partial charge in [-0.2, -0.15) is 0 Å². The summed E-state index contributed by atoms with van der Waals surface area (Å²) in [4.78, 5) is 2.80. The number of hydrogen-bond acceptors (Lipinski definition) is 3. The Labute approximate surface area is 100 Å². The second kappa shape index (κ2) is 4.85. The van der Waals surface area contributed by atoms with Crippen LogP contribution in [0.5, 0.6) is 0 Å². The molecule has 0 aromatic carbocycles. The third-order valence-electron chi connectivity index (χ3n) is 2.84. The SMILES string of the molecule is Cc1cc(CNC(C)c2ccoc2)sc1C. The van der Waals surface area contributed by atoms with Gasteiger partial charge >= 0.3 is 0 Å². The zero-order valence-corrected chi connectivity index (χ0v) is 10.7. The van der Waals surface area contributed by atoms with E-state index in [1.54, 1.807) is 12.5 Å². The quantitative estimate of drug-likeness (QED) is 0.871. The summed E-state index contributed by atoms with van der Waals surface area (Å²) in [6, 6.07) is 4.60. The molecule has 2 heterocycles. The van der Waals surface area contributed by atoms with Gasteiger partial charge in [-0.05, 0) is 38.5 Å². The molecule has 0 aliphatic carbocycles. The minimum Gasteiger partial charge on any atom is -0.472 e. The molecule has 0 fully saturated rings. The summed E-state index contributed by atoms with van der Waals surface area (Å²) >= 11 is 1.87. The van der Waals surface area contributed by atoms with E-state index < -0.39 is 0 Å². The van der Waals surface area contributed by atoms with Crippen molar-refractivity contribution >= 4 is 11.3 Å². The number of furan rings is 1. The van der Waals surface area contributed by atoms with E-state index in [0.29, 0.717) is 6.04 Å². The highest BCUT2D eigenvalue weighted by Gasteiger charge is 2.07. The Morgan fingerprint density at radius 2 is 2.25 bits per heavy atom. The summed E-state index contributed by atoms with van der Waals surface area (Å²) in [5.41, 5.74) is 2.59. The molecule has 86 valence electrons. The number of thiophene rings is 1. The van der Waals surface area contributed by atoms with Gasteiger partial charge in [0.2, 0.25) is 0 Å². The van der Waals surface area contributed by atoms with Gasteiger partial charge in [-0.3, -0.25) is 0 Å². The maximum atomic E-state index is 5.07. The lowest BCUT2D eigenvalue weighted by molar-refractivity contribution is 0.540. The molecule has 0 saturated carbocycles. The van der Waals surface area contributed by atoms with Crippen LogP contribution in [0.25, 0.3) is 0 Å². The van der Waals surface area contributed by atoms with Gasteiger partial charge in [-0.1, -0.05) is 0 Å². The van der Waals surface area contributed by atoms with Crippen molar-refractivity contribution in [1.82, 2.24) is 5.32 Å². The number of nitrogens with one attached hydrogen (secondary N) is 1. The standard InChI is InChI=1S/C13H17NOS/c1-9-6-13(16-11(9)3)7-14-10(2)12-4-5-15-8-12/h4-6,8,10,14H,7H2,1-3H3. The van der Waals surface area contributed by atoms with Gasteiger partial charge < -0.3 is 9.73 Å². The lowest BCUT2D eigenvalue weighted by Crippen LogP contribution is -2.16. The monoisotopic (exact) mass is 235 g/mol. The number of aryl methyl sites for hydroxylation is 2. The predicted octanol–water partition coefficient (Wildman–Crippen LogP) is 3.81. The zero-order valence-electron chi connectivity index (χ0n) is 9.91. The van der Waals surface area contributed by atoms with Crippen molar-refractivity contribution in [2.24, 2.45) is 0 Å². The molecule has 1 unspecified atom stereocenters. The second-order valence-electron chi connectivity index (χ2n) is 4.11. The first-order chi connectivity index (χ1) is 7.66. The van der Waals surface area contributed by atoms with Gasteiger partial charge in [0.05, 0.1) is 12.5 Å². The van der Waals surface area contributed by atoms with Gasteiger partial charge in [0.1, 0.15) is 0 Å². The van der Waals surface area contributed by atoms with E-state index in [1.807, 2.05) is 17.4 Å². The molecule has 0 amide bonds. The fourth-order valence-corrected chi connectivity index (χ4v) is 2.63. The van der Waals surface area contributed by atoms with Crippen LogP contribution in [0.15, 0.2) is 29.1 Å². The second-order valence-corrected chi connectivity index (χ2v) is 5.45. The Morgan fingerprint density at radius 3 is 2.81 bits per heavy atom. The molecule has 3 heteroatoms. The molecular weight excluding hydrogens is 218 g/mol. The van der Waals surface area contributed by atoms with Crippen LogP contribution < -0.4 is 5.32 Å². The van der Waals surface area contributed by atoms with E-state index >= 15 is 0 Å². The molecule has 0 aliphatic rings. The average Bonchev–Trinajstić information content (AvgIpc) is 2.86. The van der Waals surface area contributed by atoms with Crippen LogP contribution >= 0.6 is 11.3 Å². The molecule has 2 aromatic rings. The Bertz CT molecular complexity index is 425. The van der Waals surface area contributed by atoms with Crippen molar-refractivity contribution in [3.63, 3.8) is 0 Å². The van der Waals surface area contributed by atoms with Crippen molar-refractivity contribution in [1.29, 1.82) is 0 Å². The molecule has 0 spiro atoms. The fourth-order valence-electron chi connectivity index (χ4n) is 1.63. The molecule has 1 N–H and O–H groups in total. The summed E-state index contributed by atoms with van der Waals surface area (Å²) in [6.45, 7) is 7.40. The number of rotatable bonds is 4. The lowest BCUT2D eigenvalue weighted by atomic mass is 10.2. The van der Waals surface area contributed by atoms with Crippen molar-refractivity contribution < 1.29 is 4.42 Å². The van der Waals surface area contributed by atoms with Crippen LogP contribution in [0.3, 0.4) is 0 Å². The van der Waals surface area contributed by atoms with Crippen LogP contribution in [-0.2, 0) is 6.54 Å². The molecule has 0 radical (unpaired) electrons. The minimum absolute atomic E-state index is 0.335. The molecule has 0 bridgehead atoms. The smallest absolute Gasteiger partial charge is 0.0950 e. The van der Waals surface area contributed by atoms with E-state index in [-0.39, 0.29) is 0 Å². The van der Waals surface area contributed by atoms with Gasteiger partial charge in [-0.25, -0.2) is 0 Å². The van der Waals surface area contributed by atoms with Crippen LogP contribution in [0.2, 0.25) is 0 Å². The van der Waals surface area contributed by atoms with Crippen molar-refractivity contribution in [3.8, 4) is 0 Å². The van der Waals surface area contributed by atoms with Gasteiger partial charge in [0.25, 0.3) is 0 Å². The van der Waals surface area contributed by atoms with Gasteiger partial charge in [0, 0.05) is 27.9 Å². The summed E-state index contributed by atoms with van der Waals surface area (Å²) < 4.78 is 5.07. The average molecular weight is 235 g/mol. The zero-order chi connectivity index (χ0) is 11.5.